The van der Waals surface area contributed by atoms with Crippen LogP contribution < -0.4 is 0 Å². The molecule has 1 unspecified atom stereocenters. The summed E-state index contributed by atoms with van der Waals surface area (Å²) < 4.78 is 5.62. The number of aliphatic hydroxyl groups is 2. The third-order valence-electron chi connectivity index (χ3n) is 1.78. The van der Waals surface area contributed by atoms with Gasteiger partial charge in [-0.3, -0.25) is 0 Å². The molecule has 13 heavy (non-hydrogen) atoms. The van der Waals surface area contributed by atoms with Crippen LogP contribution in [0.3, 0.4) is 0 Å². The summed E-state index contributed by atoms with van der Waals surface area (Å²) in [7, 11) is -1.62. The van der Waals surface area contributed by atoms with Crippen LogP contribution in [0.15, 0.2) is 0 Å². The Morgan fingerprint density at radius 2 is 1.85 bits per heavy atom. The smallest absolute Gasteiger partial charge is 0.187 e. The molecule has 80 valence electrons. The Labute approximate surface area is 81.9 Å². The summed E-state index contributed by atoms with van der Waals surface area (Å²) in [5, 5.41) is 17.7. The minimum absolute atomic E-state index is 0.216. The van der Waals surface area contributed by atoms with Gasteiger partial charge in [0.25, 0.3) is 0 Å². The highest BCUT2D eigenvalue weighted by atomic mass is 28.4. The molecule has 0 heterocycles. The minimum atomic E-state index is -1.62. The van der Waals surface area contributed by atoms with E-state index in [1.807, 2.05) is 0 Å². The summed E-state index contributed by atoms with van der Waals surface area (Å²) in [5.74, 6) is 0.632. The van der Waals surface area contributed by atoms with E-state index >= 15 is 0 Å². The molecule has 0 saturated carbocycles. The lowest BCUT2D eigenvalue weighted by molar-refractivity contribution is 0.0504. The maximum Gasteiger partial charge on any atom is 0.187 e. The zero-order chi connectivity index (χ0) is 10.5. The van der Waals surface area contributed by atoms with Gasteiger partial charge in [-0.1, -0.05) is 13.8 Å². The first-order valence-electron chi connectivity index (χ1n) is 4.80. The fourth-order valence-corrected chi connectivity index (χ4v) is 4.14. The number of hydrogen-bond donors (Lipinski definition) is 2. The molecule has 0 aromatic carbocycles. The molecule has 0 spiro atoms. The maximum absolute atomic E-state index is 9.10. The van der Waals surface area contributed by atoms with Gasteiger partial charge in [-0.05, 0) is 25.1 Å². The van der Waals surface area contributed by atoms with E-state index in [1.54, 1.807) is 0 Å². The Morgan fingerprint density at radius 1 is 1.31 bits per heavy atom. The van der Waals surface area contributed by atoms with E-state index in [-0.39, 0.29) is 13.2 Å². The van der Waals surface area contributed by atoms with Crippen molar-refractivity contribution in [1.82, 2.24) is 0 Å². The Hall–Kier alpha value is 0.0969. The highest BCUT2D eigenvalue weighted by molar-refractivity contribution is 6.71. The summed E-state index contributed by atoms with van der Waals surface area (Å²) in [4.78, 5) is 0. The standard InChI is InChI=1S/C9H22O3Si/c1-8(2)7-13(3,4)12-6-9(11)5-10/h8-11H,5-7H2,1-4H3. The second-order valence-corrected chi connectivity index (χ2v) is 8.72. The quantitative estimate of drug-likeness (QED) is 0.642. The molecule has 0 aromatic rings. The molecule has 1 atom stereocenters. The Kier molecular flexibility index (Phi) is 5.79. The highest BCUT2D eigenvalue weighted by Crippen LogP contribution is 2.17. The first-order valence-corrected chi connectivity index (χ1v) is 7.92. The van der Waals surface area contributed by atoms with Crippen molar-refractivity contribution in [1.29, 1.82) is 0 Å². The zero-order valence-corrected chi connectivity index (χ0v) is 10.1. The van der Waals surface area contributed by atoms with Crippen molar-refractivity contribution in [3.05, 3.63) is 0 Å². The van der Waals surface area contributed by atoms with Crippen LogP contribution in [0.4, 0.5) is 0 Å². The van der Waals surface area contributed by atoms with Crippen molar-refractivity contribution in [3.8, 4) is 0 Å². The maximum atomic E-state index is 9.10. The summed E-state index contributed by atoms with van der Waals surface area (Å²) in [5.41, 5.74) is 0. The predicted octanol–water partition coefficient (Wildman–Crippen LogP) is 1.22. The van der Waals surface area contributed by atoms with E-state index in [0.29, 0.717) is 5.92 Å². The summed E-state index contributed by atoms with van der Waals surface area (Å²) in [6.07, 6.45) is -0.723. The normalized spacial score (nSPS) is 15.0. The van der Waals surface area contributed by atoms with Crippen molar-refractivity contribution < 1.29 is 14.6 Å². The molecule has 2 N–H and O–H groups in total. The van der Waals surface area contributed by atoms with Gasteiger partial charge in [0.1, 0.15) is 0 Å². The lowest BCUT2D eigenvalue weighted by Crippen LogP contribution is -2.36. The first kappa shape index (κ1) is 13.1. The van der Waals surface area contributed by atoms with Crippen molar-refractivity contribution in [3.63, 3.8) is 0 Å². The second kappa shape index (κ2) is 5.75. The van der Waals surface area contributed by atoms with Crippen LogP contribution in [-0.2, 0) is 4.43 Å². The molecular formula is C9H22O3Si. The van der Waals surface area contributed by atoms with Gasteiger partial charge in [-0.2, -0.15) is 0 Å². The molecule has 0 saturated heterocycles. The first-order chi connectivity index (χ1) is 5.87. The molecule has 0 bridgehead atoms. The van der Waals surface area contributed by atoms with Crippen LogP contribution in [0.2, 0.25) is 19.1 Å². The molecule has 0 aliphatic carbocycles. The van der Waals surface area contributed by atoms with Gasteiger partial charge >= 0.3 is 0 Å². The second-order valence-electron chi connectivity index (χ2n) is 4.51. The van der Waals surface area contributed by atoms with Crippen molar-refractivity contribution in [2.75, 3.05) is 13.2 Å². The number of rotatable bonds is 6. The monoisotopic (exact) mass is 206 g/mol. The molecule has 0 radical (unpaired) electrons. The molecular weight excluding hydrogens is 184 g/mol. The predicted molar refractivity (Wildman–Crippen MR) is 56.2 cm³/mol. The van der Waals surface area contributed by atoms with E-state index in [1.165, 1.54) is 0 Å². The summed E-state index contributed by atoms with van der Waals surface area (Å²) in [6.45, 7) is 8.66. The van der Waals surface area contributed by atoms with Crippen molar-refractivity contribution in [2.24, 2.45) is 5.92 Å². The molecule has 0 fully saturated rings. The lowest BCUT2D eigenvalue weighted by Gasteiger charge is -2.25. The van der Waals surface area contributed by atoms with E-state index in [9.17, 15) is 0 Å². The van der Waals surface area contributed by atoms with Gasteiger partial charge in [-0.15, -0.1) is 0 Å². The summed E-state index contributed by atoms with van der Waals surface area (Å²) >= 11 is 0. The van der Waals surface area contributed by atoms with Crippen LogP contribution in [0.25, 0.3) is 0 Å². The van der Waals surface area contributed by atoms with E-state index in [2.05, 4.69) is 26.9 Å². The SMILES string of the molecule is CC(C)C[Si](C)(C)OCC(O)CO. The average molecular weight is 206 g/mol. The molecule has 0 aromatic heterocycles. The van der Waals surface area contributed by atoms with Crippen molar-refractivity contribution in [2.45, 2.75) is 39.1 Å². The number of aliphatic hydroxyl groups excluding tert-OH is 2. The third kappa shape index (κ3) is 7.19. The van der Waals surface area contributed by atoms with Gasteiger partial charge in [0, 0.05) is 0 Å². The molecule has 0 aliphatic heterocycles. The van der Waals surface area contributed by atoms with Crippen LogP contribution in [-0.4, -0.2) is 37.8 Å². The van der Waals surface area contributed by atoms with Crippen LogP contribution in [0.5, 0.6) is 0 Å². The molecule has 0 amide bonds. The Balaban J connectivity index is 3.74. The van der Waals surface area contributed by atoms with Gasteiger partial charge in [0.2, 0.25) is 0 Å². The van der Waals surface area contributed by atoms with Gasteiger partial charge in [-0.25, -0.2) is 0 Å². The zero-order valence-electron chi connectivity index (χ0n) is 9.08. The minimum Gasteiger partial charge on any atom is -0.415 e. The Morgan fingerprint density at radius 3 is 2.23 bits per heavy atom. The number of hydrogen-bond acceptors (Lipinski definition) is 3. The Bertz CT molecular complexity index is 137. The van der Waals surface area contributed by atoms with Crippen LogP contribution >= 0.6 is 0 Å². The van der Waals surface area contributed by atoms with Crippen molar-refractivity contribution >= 4 is 8.32 Å². The van der Waals surface area contributed by atoms with Gasteiger partial charge < -0.3 is 14.6 Å². The molecule has 0 rings (SSSR count). The fraction of sp³-hybridized carbons (Fsp3) is 1.00. The molecule has 3 nitrogen and oxygen atoms in total. The molecule has 4 heteroatoms. The third-order valence-corrected chi connectivity index (χ3v) is 4.52. The lowest BCUT2D eigenvalue weighted by atomic mass is 10.3. The van der Waals surface area contributed by atoms with Crippen LogP contribution in [0, 0.1) is 5.92 Å². The fourth-order valence-electron chi connectivity index (χ4n) is 1.42. The topological polar surface area (TPSA) is 49.7 Å². The largest absolute Gasteiger partial charge is 0.415 e. The van der Waals surface area contributed by atoms with Gasteiger partial charge in [0.05, 0.1) is 19.3 Å². The summed E-state index contributed by atoms with van der Waals surface area (Å²) in [6, 6.07) is 1.09. The average Bonchev–Trinajstić information content (AvgIpc) is 1.98. The van der Waals surface area contributed by atoms with E-state index in [4.69, 9.17) is 14.6 Å². The van der Waals surface area contributed by atoms with Gasteiger partial charge in [0.15, 0.2) is 8.32 Å². The molecule has 0 aliphatic rings. The highest BCUT2D eigenvalue weighted by Gasteiger charge is 2.24. The van der Waals surface area contributed by atoms with E-state index < -0.39 is 14.4 Å². The van der Waals surface area contributed by atoms with E-state index in [0.717, 1.165) is 6.04 Å². The van der Waals surface area contributed by atoms with Crippen LogP contribution in [0.1, 0.15) is 13.8 Å².